The third kappa shape index (κ3) is 4.49. The van der Waals surface area contributed by atoms with Crippen LogP contribution in [0.2, 0.25) is 0 Å². The molecule has 0 spiro atoms. The van der Waals surface area contributed by atoms with Crippen LogP contribution in [0.3, 0.4) is 0 Å². The van der Waals surface area contributed by atoms with E-state index in [-0.39, 0.29) is 5.25 Å². The Morgan fingerprint density at radius 2 is 1.65 bits per heavy atom. The molecule has 2 nitrogen and oxygen atoms in total. The van der Waals surface area contributed by atoms with Crippen molar-refractivity contribution in [2.45, 2.75) is 19.1 Å². The first-order chi connectivity index (χ1) is 11.0. The fraction of sp³-hybridized carbons (Fsp3) is 0.333. The van der Waals surface area contributed by atoms with Gasteiger partial charge in [0.25, 0.3) is 0 Å². The van der Waals surface area contributed by atoms with Crippen LogP contribution in [0.1, 0.15) is 13.8 Å². The number of hydrogen-bond acceptors (Lipinski definition) is 6. The minimum atomic E-state index is 0.153. The summed E-state index contributed by atoms with van der Waals surface area (Å²) in [5.41, 5.74) is 0. The van der Waals surface area contributed by atoms with E-state index in [1.807, 2.05) is 41.0 Å². The fourth-order valence-corrected chi connectivity index (χ4v) is 5.98. The summed E-state index contributed by atoms with van der Waals surface area (Å²) in [6, 6.07) is 0. The van der Waals surface area contributed by atoms with Crippen molar-refractivity contribution in [1.82, 2.24) is 9.80 Å². The predicted molar refractivity (Wildman–Crippen MR) is 120 cm³/mol. The lowest BCUT2D eigenvalue weighted by atomic mass is 10.3. The van der Waals surface area contributed by atoms with Crippen molar-refractivity contribution in [3.8, 4) is 0 Å². The van der Waals surface area contributed by atoms with Gasteiger partial charge in [0, 0.05) is 18.0 Å². The minimum absolute atomic E-state index is 0.153. The molecule has 0 amide bonds. The zero-order valence-electron chi connectivity index (χ0n) is 12.7. The molecule has 0 N–H and O–H groups in total. The maximum Gasteiger partial charge on any atom is 0.146 e. The summed E-state index contributed by atoms with van der Waals surface area (Å²) in [5.74, 6) is 0. The number of thioether (sulfide) groups is 2. The van der Waals surface area contributed by atoms with Crippen molar-refractivity contribution in [3.63, 3.8) is 0 Å². The lowest BCUT2D eigenvalue weighted by Crippen LogP contribution is -2.28. The van der Waals surface area contributed by atoms with E-state index in [0.29, 0.717) is 0 Å². The summed E-state index contributed by atoms with van der Waals surface area (Å²) in [7, 11) is 0. The quantitative estimate of drug-likeness (QED) is 0.356. The van der Waals surface area contributed by atoms with Crippen molar-refractivity contribution >= 4 is 91.0 Å². The van der Waals surface area contributed by atoms with Gasteiger partial charge in [-0.1, -0.05) is 96.7 Å². The second kappa shape index (κ2) is 8.82. The van der Waals surface area contributed by atoms with E-state index in [1.54, 1.807) is 23.5 Å². The van der Waals surface area contributed by atoms with E-state index in [2.05, 4.69) is 13.0 Å². The molecule has 2 aliphatic heterocycles. The zero-order valence-corrected chi connectivity index (χ0v) is 17.6. The van der Waals surface area contributed by atoms with Crippen LogP contribution in [0.15, 0.2) is 35.3 Å². The van der Waals surface area contributed by atoms with Gasteiger partial charge in [-0.3, -0.25) is 0 Å². The molecule has 8 heteroatoms. The summed E-state index contributed by atoms with van der Waals surface area (Å²) in [5, 5.41) is 0.153. The topological polar surface area (TPSA) is 6.48 Å². The monoisotopic (exact) mass is 416 g/mol. The van der Waals surface area contributed by atoms with Crippen LogP contribution in [-0.2, 0) is 0 Å². The van der Waals surface area contributed by atoms with Crippen molar-refractivity contribution in [3.05, 3.63) is 35.3 Å². The summed E-state index contributed by atoms with van der Waals surface area (Å²) >= 11 is 24.7. The Morgan fingerprint density at radius 1 is 0.957 bits per heavy atom. The first-order valence-electron chi connectivity index (χ1n) is 7.10. The van der Waals surface area contributed by atoms with Gasteiger partial charge in [0.05, 0.1) is 5.25 Å². The number of likely N-dealkylation sites (N-methyl/N-ethyl adjacent to an activating group) is 1. The van der Waals surface area contributed by atoms with Gasteiger partial charge in [0.15, 0.2) is 0 Å². The van der Waals surface area contributed by atoms with Gasteiger partial charge in [-0.25, -0.2) is 0 Å². The van der Waals surface area contributed by atoms with Crippen molar-refractivity contribution < 1.29 is 0 Å². The molecule has 0 aromatic carbocycles. The van der Waals surface area contributed by atoms with Gasteiger partial charge in [0.1, 0.15) is 18.6 Å². The van der Waals surface area contributed by atoms with Gasteiger partial charge < -0.3 is 9.80 Å². The summed E-state index contributed by atoms with van der Waals surface area (Å²) in [6.45, 7) is 5.76. The average Bonchev–Trinajstić information content (AvgIpc) is 2.94. The lowest BCUT2D eigenvalue weighted by molar-refractivity contribution is 0.677. The van der Waals surface area contributed by atoms with E-state index in [1.165, 1.54) is 0 Å². The van der Waals surface area contributed by atoms with Gasteiger partial charge in [-0.05, 0) is 19.9 Å². The molecule has 2 fully saturated rings. The van der Waals surface area contributed by atoms with E-state index < -0.39 is 0 Å². The van der Waals surface area contributed by atoms with Crippen molar-refractivity contribution in [2.24, 2.45) is 0 Å². The molecule has 0 aromatic heterocycles. The van der Waals surface area contributed by atoms with Crippen molar-refractivity contribution in [1.29, 1.82) is 0 Å². The van der Waals surface area contributed by atoms with E-state index in [4.69, 9.17) is 48.9 Å². The van der Waals surface area contributed by atoms with E-state index >= 15 is 0 Å². The summed E-state index contributed by atoms with van der Waals surface area (Å²) < 4.78 is 1.69. The van der Waals surface area contributed by atoms with Gasteiger partial charge in [-0.2, -0.15) is 0 Å². The molecular formula is C15H16N2S6. The Labute approximate surface area is 167 Å². The van der Waals surface area contributed by atoms with E-state index in [0.717, 1.165) is 36.6 Å². The second-order valence-electron chi connectivity index (χ2n) is 4.60. The van der Waals surface area contributed by atoms with Crippen LogP contribution in [0, 0.1) is 0 Å². The highest BCUT2D eigenvalue weighted by atomic mass is 32.2. The molecule has 1 atom stereocenters. The number of rotatable bonds is 5. The van der Waals surface area contributed by atoms with Crippen LogP contribution in [0.5, 0.6) is 0 Å². The Morgan fingerprint density at radius 3 is 2.22 bits per heavy atom. The van der Waals surface area contributed by atoms with Gasteiger partial charge in [-0.15, -0.1) is 0 Å². The maximum atomic E-state index is 5.45. The van der Waals surface area contributed by atoms with Crippen molar-refractivity contribution in [2.75, 3.05) is 13.1 Å². The fourth-order valence-electron chi connectivity index (χ4n) is 2.03. The molecule has 0 radical (unpaired) electrons. The molecule has 23 heavy (non-hydrogen) atoms. The van der Waals surface area contributed by atoms with Crippen LogP contribution in [-0.4, -0.2) is 46.8 Å². The molecule has 122 valence electrons. The standard InChI is InChI=1S/C15H16N2S6/c1-3-16-12(18)10(22-14(16)20)8-6-5-7-9-11-13(19)17(4-2)15(21)23-11/h5-10H,3-4H2,1-2H3. The highest BCUT2D eigenvalue weighted by molar-refractivity contribution is 8.27. The first-order valence-corrected chi connectivity index (χ1v) is 10.4. The normalized spacial score (nSPS) is 24.4. The summed E-state index contributed by atoms with van der Waals surface area (Å²) in [6.07, 6.45) is 10.0. The Hall–Kier alpha value is -0.120. The van der Waals surface area contributed by atoms with Gasteiger partial charge >= 0.3 is 0 Å². The SMILES string of the molecule is CCN1C(=S)SC(=CC=CC=CC2SC(=S)N(CC)C2=S)C1=S. The lowest BCUT2D eigenvalue weighted by Gasteiger charge is -2.13. The largest absolute Gasteiger partial charge is 0.321 e. The smallest absolute Gasteiger partial charge is 0.146 e. The second-order valence-corrected chi connectivity index (χ2v) is 8.86. The van der Waals surface area contributed by atoms with E-state index in [9.17, 15) is 0 Å². The van der Waals surface area contributed by atoms with Crippen LogP contribution < -0.4 is 0 Å². The third-order valence-electron chi connectivity index (χ3n) is 3.22. The number of hydrogen-bond donors (Lipinski definition) is 0. The molecule has 2 heterocycles. The van der Waals surface area contributed by atoms with Crippen LogP contribution >= 0.6 is 72.4 Å². The Balaban J connectivity index is 1.94. The zero-order chi connectivity index (χ0) is 17.0. The number of thiocarbonyl (C=S) groups is 4. The Kier molecular flexibility index (Phi) is 7.37. The highest BCUT2D eigenvalue weighted by Crippen LogP contribution is 2.32. The Bertz CT molecular complexity index is 634. The molecule has 0 saturated carbocycles. The molecule has 0 aromatic rings. The predicted octanol–water partition coefficient (Wildman–Crippen LogP) is 4.71. The molecular weight excluding hydrogens is 401 g/mol. The van der Waals surface area contributed by atoms with Crippen LogP contribution in [0.4, 0.5) is 0 Å². The summed E-state index contributed by atoms with van der Waals surface area (Å²) in [4.78, 5) is 6.71. The molecule has 0 aliphatic carbocycles. The maximum absolute atomic E-state index is 5.45. The first kappa shape index (κ1) is 19.2. The molecule has 1 unspecified atom stereocenters. The number of nitrogens with zero attached hydrogens (tertiary/aromatic N) is 2. The van der Waals surface area contributed by atoms with Gasteiger partial charge in [0.2, 0.25) is 0 Å². The highest BCUT2D eigenvalue weighted by Gasteiger charge is 2.30. The minimum Gasteiger partial charge on any atom is -0.321 e. The molecule has 2 aliphatic rings. The molecule has 0 bridgehead atoms. The molecule has 2 rings (SSSR count). The third-order valence-corrected chi connectivity index (χ3v) is 7.39. The number of allylic oxidation sites excluding steroid dienone is 4. The van der Waals surface area contributed by atoms with Crippen LogP contribution in [0.25, 0.3) is 0 Å². The molecule has 2 saturated heterocycles. The average molecular weight is 417 g/mol.